The van der Waals surface area contributed by atoms with Crippen molar-refractivity contribution in [1.29, 1.82) is 0 Å². The molecule has 0 radical (unpaired) electrons. The lowest BCUT2D eigenvalue weighted by Crippen LogP contribution is -2.62. The monoisotopic (exact) mass is 695 g/mol. The van der Waals surface area contributed by atoms with Crippen LogP contribution >= 0.6 is 0 Å². The van der Waals surface area contributed by atoms with Gasteiger partial charge in [-0.15, -0.1) is 5.06 Å². The normalized spacial score (nSPS) is 21.9. The van der Waals surface area contributed by atoms with Gasteiger partial charge in [0.25, 0.3) is 11.8 Å². The molecule has 0 N–H and O–H groups in total. The van der Waals surface area contributed by atoms with Crippen LogP contribution in [0.15, 0.2) is 121 Å². The third kappa shape index (κ3) is 10.4. The highest BCUT2D eigenvalue weighted by Gasteiger charge is 2.49. The summed E-state index contributed by atoms with van der Waals surface area (Å²) in [7, 11) is 0. The highest BCUT2D eigenvalue weighted by molar-refractivity contribution is 6.01. The van der Waals surface area contributed by atoms with Gasteiger partial charge in [0.1, 0.15) is 31.0 Å². The van der Waals surface area contributed by atoms with Crippen LogP contribution in [0.5, 0.6) is 0 Å². The molecule has 11 nitrogen and oxygen atoms in total. The van der Waals surface area contributed by atoms with Crippen molar-refractivity contribution in [2.45, 2.75) is 70.0 Å². The van der Waals surface area contributed by atoms with Crippen LogP contribution in [0.4, 0.5) is 0 Å². The minimum Gasteiger partial charge on any atom is -0.374 e. The zero-order valence-corrected chi connectivity index (χ0v) is 28.1. The number of hydroxylamine groups is 2. The minimum atomic E-state index is -1.16. The Kier molecular flexibility index (Phi) is 13.1. The van der Waals surface area contributed by atoms with E-state index in [4.69, 9.17) is 33.3 Å². The fraction of sp³-hybridized carbons (Fsp3) is 0.325. The summed E-state index contributed by atoms with van der Waals surface area (Å²) >= 11 is 0. The summed E-state index contributed by atoms with van der Waals surface area (Å²) in [4.78, 5) is 42.1. The summed E-state index contributed by atoms with van der Waals surface area (Å²) in [5.74, 6) is -2.12. The van der Waals surface area contributed by atoms with E-state index in [1.807, 2.05) is 121 Å². The summed E-state index contributed by atoms with van der Waals surface area (Å²) in [6.45, 7) is 0.467. The molecular weight excluding hydrogens is 654 g/mol. The van der Waals surface area contributed by atoms with Gasteiger partial charge in [0.2, 0.25) is 0 Å². The zero-order valence-electron chi connectivity index (χ0n) is 28.1. The van der Waals surface area contributed by atoms with Crippen molar-refractivity contribution in [1.82, 2.24) is 5.06 Å². The van der Waals surface area contributed by atoms with Crippen LogP contribution < -0.4 is 0 Å². The van der Waals surface area contributed by atoms with Crippen LogP contribution in [0.3, 0.4) is 0 Å². The predicted octanol–water partition coefficient (Wildman–Crippen LogP) is 5.31. The number of ether oxygens (including phenoxy) is 6. The molecule has 2 aliphatic heterocycles. The maximum Gasteiger partial charge on any atom is 0.358 e. The quantitative estimate of drug-likeness (QED) is 0.135. The van der Waals surface area contributed by atoms with Gasteiger partial charge in [-0.25, -0.2) is 4.79 Å². The largest absolute Gasteiger partial charge is 0.374 e. The molecule has 4 aromatic carbocycles. The summed E-state index contributed by atoms with van der Waals surface area (Å²) < 4.78 is 38.6. The van der Waals surface area contributed by atoms with Crippen LogP contribution in [-0.2, 0) is 74.1 Å². The zero-order chi connectivity index (χ0) is 35.3. The second-order valence-electron chi connectivity index (χ2n) is 12.2. The van der Waals surface area contributed by atoms with Gasteiger partial charge in [0.05, 0.1) is 33.0 Å². The molecular formula is C40H41NO10. The maximum absolute atomic E-state index is 12.9. The molecule has 5 atom stereocenters. The molecule has 266 valence electrons. The van der Waals surface area contributed by atoms with Gasteiger partial charge in [0, 0.05) is 12.8 Å². The Labute approximate surface area is 296 Å². The van der Waals surface area contributed by atoms with Crippen LogP contribution in [0, 0.1) is 0 Å². The van der Waals surface area contributed by atoms with E-state index in [-0.39, 0.29) is 39.3 Å². The molecule has 2 saturated heterocycles. The molecule has 4 aromatic rings. The minimum absolute atomic E-state index is 0.0242. The van der Waals surface area contributed by atoms with Crippen LogP contribution in [0.2, 0.25) is 0 Å². The summed E-state index contributed by atoms with van der Waals surface area (Å²) in [5, 5.41) is 0.482. The standard InChI is InChI=1S/C40H41NO10/c42-34-21-22-35(43)41(34)51-36(44)28-49-40-39(48-26-32-19-11-4-12-20-32)38(47-25-31-17-9-3-10-18-31)37(46-24-30-15-7-2-8-16-30)33(50-40)27-45-23-29-13-5-1-6-14-29/h1-20,33,37-40H,21-28H2/t33?,37-,38?,39?,40+/m0/s1. The van der Waals surface area contributed by atoms with Crippen LogP contribution in [-0.4, -0.2) is 66.8 Å². The molecule has 0 aliphatic carbocycles. The van der Waals surface area contributed by atoms with Gasteiger partial charge in [0.15, 0.2) is 6.29 Å². The van der Waals surface area contributed by atoms with E-state index < -0.39 is 55.1 Å². The first-order valence-electron chi connectivity index (χ1n) is 17.0. The lowest BCUT2D eigenvalue weighted by molar-refractivity contribution is -0.328. The first-order chi connectivity index (χ1) is 25.0. The number of hydrogen-bond acceptors (Lipinski definition) is 10. The van der Waals surface area contributed by atoms with Gasteiger partial charge in [-0.3, -0.25) is 9.59 Å². The van der Waals surface area contributed by atoms with Gasteiger partial charge >= 0.3 is 5.97 Å². The molecule has 0 spiro atoms. The summed E-state index contributed by atoms with van der Waals surface area (Å²) in [6, 6.07) is 38.9. The average molecular weight is 696 g/mol. The Bertz CT molecular complexity index is 1660. The van der Waals surface area contributed by atoms with E-state index in [9.17, 15) is 14.4 Å². The fourth-order valence-electron chi connectivity index (χ4n) is 5.82. The van der Waals surface area contributed by atoms with Crippen molar-refractivity contribution in [3.05, 3.63) is 144 Å². The van der Waals surface area contributed by atoms with E-state index in [2.05, 4.69) is 0 Å². The molecule has 6 rings (SSSR count). The molecule has 2 amide bonds. The van der Waals surface area contributed by atoms with Crippen molar-refractivity contribution in [2.75, 3.05) is 13.2 Å². The third-order valence-electron chi connectivity index (χ3n) is 8.41. The summed E-state index contributed by atoms with van der Waals surface area (Å²) in [5.41, 5.74) is 3.78. The first-order valence-corrected chi connectivity index (χ1v) is 17.0. The number of amides is 2. The van der Waals surface area contributed by atoms with Crippen LogP contribution in [0.25, 0.3) is 0 Å². The summed E-state index contributed by atoms with van der Waals surface area (Å²) in [6.07, 6.45) is -4.29. The number of rotatable bonds is 17. The van der Waals surface area contributed by atoms with E-state index in [1.165, 1.54) is 0 Å². The Morgan fingerprint density at radius 2 is 1.00 bits per heavy atom. The van der Waals surface area contributed by atoms with E-state index in [1.54, 1.807) is 0 Å². The second-order valence-corrected chi connectivity index (χ2v) is 12.2. The molecule has 0 aromatic heterocycles. The van der Waals surface area contributed by atoms with Crippen LogP contribution in [0.1, 0.15) is 35.1 Å². The lowest BCUT2D eigenvalue weighted by Gasteiger charge is -2.45. The maximum atomic E-state index is 12.9. The number of carbonyl (C=O) groups excluding carboxylic acids is 3. The van der Waals surface area contributed by atoms with Gasteiger partial charge < -0.3 is 33.3 Å². The molecule has 51 heavy (non-hydrogen) atoms. The third-order valence-corrected chi connectivity index (χ3v) is 8.41. The van der Waals surface area contributed by atoms with Gasteiger partial charge in [-0.2, -0.15) is 0 Å². The van der Waals surface area contributed by atoms with E-state index >= 15 is 0 Å². The number of imide groups is 1. The lowest BCUT2D eigenvalue weighted by atomic mass is 9.97. The molecule has 0 bridgehead atoms. The Morgan fingerprint density at radius 3 is 1.49 bits per heavy atom. The molecule has 11 heteroatoms. The second kappa shape index (κ2) is 18.5. The Hall–Kier alpha value is -4.75. The fourth-order valence-corrected chi connectivity index (χ4v) is 5.82. The van der Waals surface area contributed by atoms with Crippen molar-refractivity contribution in [3.63, 3.8) is 0 Å². The average Bonchev–Trinajstić information content (AvgIpc) is 3.49. The van der Waals surface area contributed by atoms with E-state index in [0.717, 1.165) is 22.3 Å². The topological polar surface area (TPSA) is 119 Å². The molecule has 2 aliphatic rings. The van der Waals surface area contributed by atoms with Crippen molar-refractivity contribution < 1.29 is 47.6 Å². The first kappa shape index (κ1) is 36.1. The Morgan fingerprint density at radius 1 is 0.569 bits per heavy atom. The Balaban J connectivity index is 1.27. The van der Waals surface area contributed by atoms with E-state index in [0.29, 0.717) is 11.7 Å². The van der Waals surface area contributed by atoms with Crippen molar-refractivity contribution >= 4 is 17.8 Å². The smallest absolute Gasteiger partial charge is 0.358 e. The highest BCUT2D eigenvalue weighted by atomic mass is 16.8. The number of nitrogens with zero attached hydrogens (tertiary/aromatic N) is 1. The molecule has 0 saturated carbocycles. The molecule has 2 fully saturated rings. The molecule has 3 unspecified atom stereocenters. The number of carbonyl (C=O) groups is 3. The predicted molar refractivity (Wildman–Crippen MR) is 183 cm³/mol. The SMILES string of the molecule is O=C(CO[C@@H]1OC(COCc2ccccc2)[C@H](OCc2ccccc2)C(OCc2ccccc2)C1OCc1ccccc1)ON1C(=O)CCC1=O. The van der Waals surface area contributed by atoms with Crippen molar-refractivity contribution in [2.24, 2.45) is 0 Å². The van der Waals surface area contributed by atoms with Gasteiger partial charge in [-0.05, 0) is 22.3 Å². The van der Waals surface area contributed by atoms with Crippen molar-refractivity contribution in [3.8, 4) is 0 Å². The highest BCUT2D eigenvalue weighted by Crippen LogP contribution is 2.32. The number of benzene rings is 4. The van der Waals surface area contributed by atoms with Gasteiger partial charge in [-0.1, -0.05) is 121 Å². The number of hydrogen-bond donors (Lipinski definition) is 0. The molecule has 2 heterocycles.